The number of hydrogen-bond donors (Lipinski definition) is 0. The lowest BCUT2D eigenvalue weighted by molar-refractivity contribution is -0.130. The van der Waals surface area contributed by atoms with E-state index in [9.17, 15) is 4.79 Å². The maximum atomic E-state index is 12.5. The fourth-order valence-electron chi connectivity index (χ4n) is 4.13. The molecular weight excluding hydrogens is 419 g/mol. The van der Waals surface area contributed by atoms with Crippen molar-refractivity contribution in [2.24, 2.45) is 0 Å². The van der Waals surface area contributed by atoms with Crippen molar-refractivity contribution in [3.8, 4) is 0 Å². The van der Waals surface area contributed by atoms with Crippen LogP contribution in [0.2, 0.25) is 10.0 Å². The highest BCUT2D eigenvalue weighted by molar-refractivity contribution is 6.42. The molecule has 0 spiro atoms. The Balaban J connectivity index is 1.68. The number of benzene rings is 1. The number of amides is 1. The molecule has 0 saturated carbocycles. The first-order valence-corrected chi connectivity index (χ1v) is 11.4. The van der Waals surface area contributed by atoms with Gasteiger partial charge in [0.1, 0.15) is 5.82 Å². The minimum absolute atomic E-state index is 0.135. The Hall–Kier alpha value is -1.69. The Kier molecular flexibility index (Phi) is 7.72. The number of aryl methyl sites for hydroxylation is 2. The van der Waals surface area contributed by atoms with Crippen LogP contribution in [0.4, 0.5) is 0 Å². The van der Waals surface area contributed by atoms with Crippen LogP contribution in [-0.4, -0.2) is 51.9 Å². The molecule has 2 heterocycles. The fraction of sp³-hybridized carbons (Fsp3) is 0.522. The molecule has 5 nitrogen and oxygen atoms in total. The molecule has 0 radical (unpaired) electrons. The van der Waals surface area contributed by atoms with Gasteiger partial charge in [0.2, 0.25) is 5.91 Å². The zero-order valence-electron chi connectivity index (χ0n) is 18.2. The number of likely N-dealkylation sites (N-methyl/N-ethyl adjacent to an activating group) is 1. The number of hydrogen-bond acceptors (Lipinski definition) is 4. The summed E-state index contributed by atoms with van der Waals surface area (Å²) >= 11 is 12.2. The van der Waals surface area contributed by atoms with Gasteiger partial charge in [0.15, 0.2) is 0 Å². The SMILES string of the molecule is CCN(CC)C(=O)Cc1c(C)nc(C2CCN(Cc3ccc(Cl)c(Cl)c3)C2)nc1C. The van der Waals surface area contributed by atoms with Crippen molar-refractivity contribution in [2.45, 2.75) is 53.0 Å². The summed E-state index contributed by atoms with van der Waals surface area (Å²) < 4.78 is 0. The van der Waals surface area contributed by atoms with E-state index in [1.54, 1.807) is 0 Å². The van der Waals surface area contributed by atoms with Gasteiger partial charge < -0.3 is 4.90 Å². The Morgan fingerprint density at radius 3 is 2.40 bits per heavy atom. The van der Waals surface area contributed by atoms with Gasteiger partial charge >= 0.3 is 0 Å². The highest BCUT2D eigenvalue weighted by Gasteiger charge is 2.27. The molecule has 3 rings (SSSR count). The summed E-state index contributed by atoms with van der Waals surface area (Å²) in [6, 6.07) is 5.80. The summed E-state index contributed by atoms with van der Waals surface area (Å²) in [5.74, 6) is 1.33. The quantitative estimate of drug-likeness (QED) is 0.609. The van der Waals surface area contributed by atoms with E-state index in [0.717, 1.165) is 67.5 Å². The number of likely N-dealkylation sites (tertiary alicyclic amines) is 1. The van der Waals surface area contributed by atoms with Gasteiger partial charge in [-0.15, -0.1) is 0 Å². The molecule has 1 atom stereocenters. The third-order valence-electron chi connectivity index (χ3n) is 5.91. The van der Waals surface area contributed by atoms with Crippen molar-refractivity contribution in [1.82, 2.24) is 19.8 Å². The van der Waals surface area contributed by atoms with E-state index in [1.165, 1.54) is 0 Å². The molecule has 1 saturated heterocycles. The second kappa shape index (κ2) is 10.1. The van der Waals surface area contributed by atoms with E-state index in [4.69, 9.17) is 33.2 Å². The second-order valence-corrected chi connectivity index (χ2v) is 8.76. The molecular formula is C23H30Cl2N4O. The molecule has 1 fully saturated rings. The summed E-state index contributed by atoms with van der Waals surface area (Å²) in [6.45, 7) is 12.2. The Morgan fingerprint density at radius 1 is 1.13 bits per heavy atom. The van der Waals surface area contributed by atoms with Crippen molar-refractivity contribution in [1.29, 1.82) is 0 Å². The normalized spacial score (nSPS) is 16.8. The Labute approximate surface area is 189 Å². The molecule has 0 bridgehead atoms. The fourth-order valence-corrected chi connectivity index (χ4v) is 4.45. The summed E-state index contributed by atoms with van der Waals surface area (Å²) in [7, 11) is 0. The van der Waals surface area contributed by atoms with Crippen LogP contribution in [0.3, 0.4) is 0 Å². The van der Waals surface area contributed by atoms with Crippen molar-refractivity contribution >= 4 is 29.1 Å². The average molecular weight is 449 g/mol. The summed E-state index contributed by atoms with van der Waals surface area (Å²) in [4.78, 5) is 26.4. The molecule has 1 aliphatic rings. The predicted molar refractivity (Wildman–Crippen MR) is 122 cm³/mol. The summed E-state index contributed by atoms with van der Waals surface area (Å²) in [5, 5.41) is 1.17. The molecule has 7 heteroatoms. The van der Waals surface area contributed by atoms with Crippen LogP contribution in [0.5, 0.6) is 0 Å². The maximum Gasteiger partial charge on any atom is 0.227 e. The Bertz CT molecular complexity index is 891. The van der Waals surface area contributed by atoms with Gasteiger partial charge in [-0.25, -0.2) is 9.97 Å². The van der Waals surface area contributed by atoms with Crippen LogP contribution in [0, 0.1) is 13.8 Å². The summed E-state index contributed by atoms with van der Waals surface area (Å²) in [6.07, 6.45) is 1.39. The van der Waals surface area contributed by atoms with Crippen LogP contribution < -0.4 is 0 Å². The van der Waals surface area contributed by atoms with Gasteiger partial charge in [-0.1, -0.05) is 29.3 Å². The summed E-state index contributed by atoms with van der Waals surface area (Å²) in [5.41, 5.74) is 3.95. The van der Waals surface area contributed by atoms with Gasteiger partial charge in [-0.3, -0.25) is 9.69 Å². The van der Waals surface area contributed by atoms with E-state index < -0.39 is 0 Å². The second-order valence-electron chi connectivity index (χ2n) is 7.94. The lowest BCUT2D eigenvalue weighted by Crippen LogP contribution is -2.32. The molecule has 1 unspecified atom stereocenters. The number of nitrogens with zero attached hydrogens (tertiary/aromatic N) is 4. The van der Waals surface area contributed by atoms with E-state index in [-0.39, 0.29) is 5.91 Å². The highest BCUT2D eigenvalue weighted by Crippen LogP contribution is 2.29. The molecule has 162 valence electrons. The van der Waals surface area contributed by atoms with Crippen molar-refractivity contribution in [2.75, 3.05) is 26.2 Å². The predicted octanol–water partition coefficient (Wildman–Crippen LogP) is 4.80. The van der Waals surface area contributed by atoms with Crippen LogP contribution in [0.1, 0.15) is 54.5 Å². The van der Waals surface area contributed by atoms with Crippen molar-refractivity contribution in [3.63, 3.8) is 0 Å². The standard InChI is InChI=1S/C23H30Cl2N4O/c1-5-29(6-2)22(30)12-19-15(3)26-23(27-16(19)4)18-9-10-28(14-18)13-17-7-8-20(24)21(25)11-17/h7-8,11,18H,5-6,9-10,12-14H2,1-4H3. The third-order valence-corrected chi connectivity index (χ3v) is 6.65. The van der Waals surface area contributed by atoms with Crippen molar-refractivity contribution in [3.05, 3.63) is 56.6 Å². The third kappa shape index (κ3) is 5.32. The van der Waals surface area contributed by atoms with E-state index in [2.05, 4.69) is 4.90 Å². The lowest BCUT2D eigenvalue weighted by atomic mass is 10.0. The van der Waals surface area contributed by atoms with Gasteiger partial charge in [-0.05, 0) is 58.4 Å². The first-order chi connectivity index (χ1) is 14.3. The minimum Gasteiger partial charge on any atom is -0.343 e. The van der Waals surface area contributed by atoms with Gasteiger partial charge in [-0.2, -0.15) is 0 Å². The molecule has 1 aliphatic heterocycles. The van der Waals surface area contributed by atoms with Crippen LogP contribution in [0.25, 0.3) is 0 Å². The Morgan fingerprint density at radius 2 is 1.80 bits per heavy atom. The van der Waals surface area contributed by atoms with Crippen LogP contribution >= 0.6 is 23.2 Å². The first kappa shape index (κ1) is 23.0. The molecule has 1 aromatic heterocycles. The molecule has 0 aliphatic carbocycles. The maximum absolute atomic E-state index is 12.5. The molecule has 2 aromatic rings. The molecule has 1 aromatic carbocycles. The molecule has 0 N–H and O–H groups in total. The topological polar surface area (TPSA) is 49.3 Å². The van der Waals surface area contributed by atoms with Gasteiger partial charge in [0, 0.05) is 49.0 Å². The largest absolute Gasteiger partial charge is 0.343 e. The highest BCUT2D eigenvalue weighted by atomic mass is 35.5. The van der Waals surface area contributed by atoms with Gasteiger partial charge in [0.05, 0.1) is 16.5 Å². The van der Waals surface area contributed by atoms with E-state index in [1.807, 2.05) is 50.8 Å². The van der Waals surface area contributed by atoms with E-state index >= 15 is 0 Å². The lowest BCUT2D eigenvalue weighted by Gasteiger charge is -2.20. The first-order valence-electron chi connectivity index (χ1n) is 10.6. The van der Waals surface area contributed by atoms with Crippen LogP contribution in [0.15, 0.2) is 18.2 Å². The van der Waals surface area contributed by atoms with Crippen molar-refractivity contribution < 1.29 is 4.79 Å². The monoisotopic (exact) mass is 448 g/mol. The number of rotatable bonds is 7. The van der Waals surface area contributed by atoms with Crippen LogP contribution in [-0.2, 0) is 17.8 Å². The number of aromatic nitrogens is 2. The number of carbonyl (C=O) groups excluding carboxylic acids is 1. The zero-order chi connectivity index (χ0) is 21.8. The zero-order valence-corrected chi connectivity index (χ0v) is 19.7. The number of halogens is 2. The molecule has 1 amide bonds. The minimum atomic E-state index is 0.135. The smallest absolute Gasteiger partial charge is 0.227 e. The van der Waals surface area contributed by atoms with E-state index in [0.29, 0.717) is 22.4 Å². The average Bonchev–Trinajstić information content (AvgIpc) is 3.17. The number of carbonyl (C=O) groups is 1. The molecule has 30 heavy (non-hydrogen) atoms. The van der Waals surface area contributed by atoms with Gasteiger partial charge in [0.25, 0.3) is 0 Å².